The van der Waals surface area contributed by atoms with Gasteiger partial charge >= 0.3 is 14.0 Å². The van der Waals surface area contributed by atoms with Gasteiger partial charge in [-0.1, -0.05) is 0 Å². The first-order valence-corrected chi connectivity index (χ1v) is 3.16. The van der Waals surface area contributed by atoms with Crippen molar-refractivity contribution in [3.05, 3.63) is 0 Å². The Labute approximate surface area is 88.6 Å². The van der Waals surface area contributed by atoms with Crippen molar-refractivity contribution in [2.75, 3.05) is 0 Å². The van der Waals surface area contributed by atoms with E-state index in [2.05, 4.69) is 4.89 Å². The van der Waals surface area contributed by atoms with Crippen LogP contribution in [0.2, 0.25) is 0 Å². The minimum atomic E-state index is -4.64. The molecular formula is CH5LaO8P. The van der Waals surface area contributed by atoms with Gasteiger partial charge in [0.05, 0.1) is 0 Å². The molecule has 0 atom stereocenters. The Morgan fingerprint density at radius 2 is 1.36 bits per heavy atom. The Hall–Kier alpha value is 0.535. The molecular weight excluding hydrogens is 310 g/mol. The third-order valence-electron chi connectivity index (χ3n) is 0.0781. The monoisotopic (exact) mass is 315 g/mol. The molecule has 0 saturated carbocycles. The van der Waals surface area contributed by atoms with Gasteiger partial charge in [-0.25, -0.2) is 9.36 Å². The van der Waals surface area contributed by atoms with Gasteiger partial charge in [0.1, 0.15) is 0 Å². The molecule has 65 valence electrons. The van der Waals surface area contributed by atoms with Crippen molar-refractivity contribution in [2.45, 2.75) is 0 Å². The predicted molar refractivity (Wildman–Crippen MR) is 26.0 cm³/mol. The zero-order valence-corrected chi connectivity index (χ0v) is 9.51. The van der Waals surface area contributed by atoms with Crippen LogP contribution in [0.4, 0.5) is 4.79 Å². The van der Waals surface area contributed by atoms with Crippen LogP contribution in [0.3, 0.4) is 0 Å². The minimum Gasteiger partial charge on any atom is -0.448 e. The molecule has 0 spiro atoms. The summed E-state index contributed by atoms with van der Waals surface area (Å²) in [6.07, 6.45) is -1.69. The number of carboxylic acid groups (broad SMARTS) is 1. The molecule has 0 aromatic carbocycles. The van der Waals surface area contributed by atoms with Crippen molar-refractivity contribution in [1.82, 2.24) is 0 Å². The first-order valence-electron chi connectivity index (χ1n) is 1.60. The third-order valence-corrected chi connectivity index (χ3v) is 0.0781. The van der Waals surface area contributed by atoms with Crippen molar-refractivity contribution >= 4 is 14.0 Å². The van der Waals surface area contributed by atoms with Crippen LogP contribution in [0, 0.1) is 35.6 Å². The van der Waals surface area contributed by atoms with Crippen molar-refractivity contribution in [2.24, 2.45) is 0 Å². The largest absolute Gasteiger partial charge is 0.537 e. The second kappa shape index (κ2) is 8.63. The van der Waals surface area contributed by atoms with E-state index in [1.807, 2.05) is 0 Å². The summed E-state index contributed by atoms with van der Waals surface area (Å²) in [6, 6.07) is 0. The maximum atomic E-state index is 8.90. The molecule has 8 nitrogen and oxygen atoms in total. The van der Waals surface area contributed by atoms with E-state index in [-0.39, 0.29) is 35.6 Å². The quantitative estimate of drug-likeness (QED) is 0.222. The second-order valence-electron chi connectivity index (χ2n) is 0.870. The summed E-state index contributed by atoms with van der Waals surface area (Å²) in [7, 11) is -4.64. The van der Waals surface area contributed by atoms with Gasteiger partial charge in [-0.05, 0) is 0 Å². The zero-order chi connectivity index (χ0) is 8.78. The van der Waals surface area contributed by atoms with Crippen LogP contribution < -0.4 is 0 Å². The molecule has 0 rings (SSSR count). The molecule has 0 saturated heterocycles. The van der Waals surface area contributed by atoms with E-state index in [9.17, 15) is 0 Å². The van der Waals surface area contributed by atoms with E-state index >= 15 is 0 Å². The average molecular weight is 315 g/mol. The standard InChI is InChI=1S/CH2O4.La.H3O4P/c2-1(3)5-4;;1-5(2,3)4/h4H,(H,2,3);;(H3,1,2,3,4). The third kappa shape index (κ3) is 119. The molecule has 0 aromatic rings. The van der Waals surface area contributed by atoms with Crippen LogP contribution >= 0.6 is 7.82 Å². The fourth-order valence-corrected chi connectivity index (χ4v) is 0. The van der Waals surface area contributed by atoms with Crippen LogP contribution in [0.5, 0.6) is 0 Å². The molecule has 0 aliphatic rings. The Bertz CT molecular complexity index is 129. The van der Waals surface area contributed by atoms with Crippen LogP contribution in [-0.2, 0) is 9.45 Å². The smallest absolute Gasteiger partial charge is 0.448 e. The van der Waals surface area contributed by atoms with Gasteiger partial charge in [0, 0.05) is 35.6 Å². The summed E-state index contributed by atoms with van der Waals surface area (Å²) in [5, 5.41) is 14.3. The maximum Gasteiger partial charge on any atom is 0.537 e. The van der Waals surface area contributed by atoms with Crippen molar-refractivity contribution in [1.29, 1.82) is 0 Å². The van der Waals surface area contributed by atoms with Crippen LogP contribution in [0.25, 0.3) is 0 Å². The van der Waals surface area contributed by atoms with Gasteiger partial charge in [0.25, 0.3) is 0 Å². The van der Waals surface area contributed by atoms with Gasteiger partial charge in [-0.3, -0.25) is 4.89 Å². The normalized spacial score (nSPS) is 8.36. The summed E-state index contributed by atoms with van der Waals surface area (Å²) in [5.74, 6) is 0. The second-order valence-corrected chi connectivity index (χ2v) is 1.90. The number of hydrogen-bond acceptors (Lipinski definition) is 4. The summed E-state index contributed by atoms with van der Waals surface area (Å²) in [5.41, 5.74) is 0. The van der Waals surface area contributed by atoms with Gasteiger partial charge in [-0.2, -0.15) is 5.26 Å². The van der Waals surface area contributed by atoms with Crippen LogP contribution in [-0.4, -0.2) is 31.2 Å². The minimum absolute atomic E-state index is 0. The molecule has 0 fully saturated rings. The first-order chi connectivity index (χ1) is 4.27. The summed E-state index contributed by atoms with van der Waals surface area (Å²) in [4.78, 5) is 33.1. The summed E-state index contributed by atoms with van der Waals surface area (Å²) in [6.45, 7) is 0. The number of hydrogen-bond donors (Lipinski definition) is 5. The molecule has 11 heavy (non-hydrogen) atoms. The molecule has 0 aromatic heterocycles. The number of rotatable bonds is 0. The number of carbonyl (C=O) groups is 1. The van der Waals surface area contributed by atoms with Crippen LogP contribution in [0.15, 0.2) is 0 Å². The molecule has 0 heterocycles. The fraction of sp³-hybridized carbons (Fsp3) is 0. The van der Waals surface area contributed by atoms with Gasteiger partial charge in [-0.15, -0.1) is 0 Å². The molecule has 1 radical (unpaired) electrons. The number of phosphoric acid groups is 1. The Kier molecular flexibility index (Phi) is 13.8. The zero-order valence-electron chi connectivity index (χ0n) is 4.99. The molecule has 0 amide bonds. The van der Waals surface area contributed by atoms with E-state index in [0.717, 1.165) is 0 Å². The molecule has 0 bridgehead atoms. The fourth-order valence-electron chi connectivity index (χ4n) is 0. The predicted octanol–water partition coefficient (Wildman–Crippen LogP) is -0.775. The molecule has 0 aliphatic heterocycles. The first kappa shape index (κ1) is 17.6. The summed E-state index contributed by atoms with van der Waals surface area (Å²) < 4.78 is 8.88. The van der Waals surface area contributed by atoms with E-state index in [1.54, 1.807) is 0 Å². The van der Waals surface area contributed by atoms with Crippen LogP contribution in [0.1, 0.15) is 0 Å². The summed E-state index contributed by atoms with van der Waals surface area (Å²) >= 11 is 0. The van der Waals surface area contributed by atoms with Crippen molar-refractivity contribution in [3.8, 4) is 0 Å². The van der Waals surface area contributed by atoms with E-state index in [1.165, 1.54) is 0 Å². The maximum absolute atomic E-state index is 8.90. The van der Waals surface area contributed by atoms with Crippen molar-refractivity contribution < 1.29 is 74.9 Å². The molecule has 0 unspecified atom stereocenters. The molecule has 0 aliphatic carbocycles. The van der Waals surface area contributed by atoms with Gasteiger partial charge in [0.15, 0.2) is 0 Å². The average Bonchev–Trinajstić information content (AvgIpc) is 1.61. The SMILES string of the molecule is O=C(O)OO.O=P(O)(O)O.[La]. The Morgan fingerprint density at radius 1 is 1.27 bits per heavy atom. The molecule has 5 N–H and O–H groups in total. The Morgan fingerprint density at radius 3 is 1.36 bits per heavy atom. The topological polar surface area (TPSA) is 145 Å². The van der Waals surface area contributed by atoms with E-state index in [4.69, 9.17) is 34.4 Å². The van der Waals surface area contributed by atoms with Crippen molar-refractivity contribution in [3.63, 3.8) is 0 Å². The van der Waals surface area contributed by atoms with Gasteiger partial charge < -0.3 is 19.8 Å². The van der Waals surface area contributed by atoms with E-state index < -0.39 is 14.0 Å². The van der Waals surface area contributed by atoms with E-state index in [0.29, 0.717) is 0 Å². The molecule has 10 heteroatoms. The van der Waals surface area contributed by atoms with Gasteiger partial charge in [0.2, 0.25) is 0 Å². The Balaban J connectivity index is -0.000000107.